The normalized spacial score (nSPS) is 10.8. The zero-order valence-electron chi connectivity index (χ0n) is 11.9. The topological polar surface area (TPSA) is 70.9 Å². The molecule has 0 aliphatic rings. The third-order valence-corrected chi connectivity index (χ3v) is 4.00. The van der Waals surface area contributed by atoms with Crippen LogP contribution in [-0.2, 0) is 4.79 Å². The van der Waals surface area contributed by atoms with Gasteiger partial charge in [0.25, 0.3) is 5.91 Å². The first-order valence-electron chi connectivity index (χ1n) is 6.44. The van der Waals surface area contributed by atoms with Crippen LogP contribution in [-0.4, -0.2) is 23.8 Å². The average molecular weight is 453 g/mol. The monoisotopic (exact) mass is 450 g/mol. The van der Waals surface area contributed by atoms with Gasteiger partial charge in [-0.2, -0.15) is 5.10 Å². The third kappa shape index (κ3) is 5.27. The summed E-state index contributed by atoms with van der Waals surface area (Å²) in [7, 11) is 0. The Labute approximate surface area is 161 Å². The smallest absolute Gasteiger partial charge is 0.277 e. The summed E-state index contributed by atoms with van der Waals surface area (Å²) in [4.78, 5) is 11.7. The maximum atomic E-state index is 11.7. The summed E-state index contributed by atoms with van der Waals surface area (Å²) in [5.41, 5.74) is 2.52. The molecule has 0 aliphatic carbocycles. The first-order valence-corrected chi connectivity index (χ1v) is 8.37. The number of nitrogens with one attached hydrogen (secondary N) is 1. The summed E-state index contributed by atoms with van der Waals surface area (Å²) in [5.74, 6) is -0.312. The highest BCUT2D eigenvalue weighted by Gasteiger charge is 2.07. The fourth-order valence-corrected chi connectivity index (χ4v) is 2.86. The summed E-state index contributed by atoms with van der Waals surface area (Å²) in [5, 5.41) is 14.3. The molecule has 0 saturated heterocycles. The number of aromatic hydroxyl groups is 1. The fourth-order valence-electron chi connectivity index (χ4n) is 1.63. The molecular formula is C15H10BrCl3N2O3. The Morgan fingerprint density at radius 1 is 1.25 bits per heavy atom. The average Bonchev–Trinajstić information content (AvgIpc) is 2.51. The number of carbonyl (C=O) groups excluding carboxylic acids is 1. The van der Waals surface area contributed by atoms with Crippen LogP contribution >= 0.6 is 50.7 Å². The molecular weight excluding hydrogens is 442 g/mol. The van der Waals surface area contributed by atoms with Crippen molar-refractivity contribution < 1.29 is 14.6 Å². The molecule has 0 aromatic heterocycles. The van der Waals surface area contributed by atoms with E-state index in [0.717, 1.165) is 4.47 Å². The number of hydrazone groups is 1. The number of benzene rings is 2. The maximum absolute atomic E-state index is 11.7. The van der Waals surface area contributed by atoms with Crippen LogP contribution in [0.1, 0.15) is 5.56 Å². The van der Waals surface area contributed by atoms with Gasteiger partial charge in [0.1, 0.15) is 11.5 Å². The van der Waals surface area contributed by atoms with E-state index in [1.54, 1.807) is 18.2 Å². The molecule has 0 fully saturated rings. The molecule has 1 amide bonds. The van der Waals surface area contributed by atoms with Gasteiger partial charge in [0.05, 0.1) is 16.3 Å². The Morgan fingerprint density at radius 2 is 2.00 bits per heavy atom. The molecule has 2 N–H and O–H groups in total. The lowest BCUT2D eigenvalue weighted by molar-refractivity contribution is -0.123. The lowest BCUT2D eigenvalue weighted by atomic mass is 10.2. The Bertz CT molecular complexity index is 800. The molecule has 0 aliphatic heterocycles. The third-order valence-electron chi connectivity index (χ3n) is 2.70. The molecule has 2 aromatic carbocycles. The van der Waals surface area contributed by atoms with Crippen molar-refractivity contribution in [3.8, 4) is 11.5 Å². The molecule has 2 aromatic rings. The SMILES string of the molecule is O=C(COc1ccc(Br)cc1Cl)NN=Cc1cc(Cl)cc(Cl)c1O. The van der Waals surface area contributed by atoms with Crippen LogP contribution in [0.5, 0.6) is 11.5 Å². The van der Waals surface area contributed by atoms with Gasteiger partial charge in [-0.25, -0.2) is 5.43 Å². The number of ether oxygens (including phenoxy) is 1. The first-order chi connectivity index (χ1) is 11.4. The van der Waals surface area contributed by atoms with Crippen LogP contribution in [0.2, 0.25) is 15.1 Å². The number of phenolic OH excluding ortho intramolecular Hbond substituents is 1. The van der Waals surface area contributed by atoms with E-state index in [1.807, 2.05) is 0 Å². The molecule has 9 heteroatoms. The van der Waals surface area contributed by atoms with Crippen LogP contribution in [0.15, 0.2) is 39.9 Å². The molecule has 126 valence electrons. The minimum absolute atomic E-state index is 0.0866. The standard InChI is InChI=1S/C15H10BrCl3N2O3/c16-9-1-2-13(11(18)4-9)24-7-14(22)21-20-6-8-3-10(17)5-12(19)15(8)23/h1-6,23H,7H2,(H,21,22). The molecule has 0 heterocycles. The largest absolute Gasteiger partial charge is 0.506 e. The van der Waals surface area contributed by atoms with E-state index in [1.165, 1.54) is 18.3 Å². The minimum Gasteiger partial charge on any atom is -0.506 e. The van der Waals surface area contributed by atoms with Crippen molar-refractivity contribution in [1.82, 2.24) is 5.43 Å². The van der Waals surface area contributed by atoms with Crippen molar-refractivity contribution in [3.63, 3.8) is 0 Å². The highest BCUT2D eigenvalue weighted by molar-refractivity contribution is 9.10. The lowest BCUT2D eigenvalue weighted by Gasteiger charge is -2.07. The van der Waals surface area contributed by atoms with E-state index >= 15 is 0 Å². The predicted molar refractivity (Wildman–Crippen MR) is 98.5 cm³/mol. The van der Waals surface area contributed by atoms with E-state index in [0.29, 0.717) is 15.8 Å². The quantitative estimate of drug-likeness (QED) is 0.513. The molecule has 24 heavy (non-hydrogen) atoms. The molecule has 2 rings (SSSR count). The molecule has 0 saturated carbocycles. The zero-order valence-corrected chi connectivity index (χ0v) is 15.7. The van der Waals surface area contributed by atoms with Gasteiger partial charge in [-0.05, 0) is 30.3 Å². The second-order valence-corrected chi connectivity index (χ2v) is 6.65. The molecule has 0 unspecified atom stereocenters. The molecule has 0 radical (unpaired) electrons. The van der Waals surface area contributed by atoms with Gasteiger partial charge in [0.2, 0.25) is 0 Å². The van der Waals surface area contributed by atoms with E-state index in [4.69, 9.17) is 39.5 Å². The Hall–Kier alpha value is -1.47. The predicted octanol–water partition coefficient (Wildman–Crippen LogP) is 4.64. The summed E-state index contributed by atoms with van der Waals surface area (Å²) < 4.78 is 6.09. The van der Waals surface area contributed by atoms with Gasteiger partial charge in [0, 0.05) is 15.1 Å². The summed E-state index contributed by atoms with van der Waals surface area (Å²) in [6.45, 7) is -0.277. The van der Waals surface area contributed by atoms with Gasteiger partial charge < -0.3 is 9.84 Å². The molecule has 0 atom stereocenters. The molecule has 0 bridgehead atoms. The van der Waals surface area contributed by atoms with E-state index in [9.17, 15) is 9.90 Å². The van der Waals surface area contributed by atoms with Crippen LogP contribution in [0, 0.1) is 0 Å². The van der Waals surface area contributed by atoms with E-state index in [-0.39, 0.29) is 22.9 Å². The Kier molecular flexibility index (Phi) is 6.74. The number of carbonyl (C=O) groups is 1. The van der Waals surface area contributed by atoms with Gasteiger partial charge in [0.15, 0.2) is 6.61 Å². The van der Waals surface area contributed by atoms with Crippen molar-refractivity contribution >= 4 is 62.9 Å². The van der Waals surface area contributed by atoms with Crippen molar-refractivity contribution in [2.75, 3.05) is 6.61 Å². The van der Waals surface area contributed by atoms with Crippen LogP contribution in [0.4, 0.5) is 0 Å². The van der Waals surface area contributed by atoms with E-state index < -0.39 is 5.91 Å². The Morgan fingerprint density at radius 3 is 2.71 bits per heavy atom. The number of amides is 1. The summed E-state index contributed by atoms with van der Waals surface area (Å²) >= 11 is 20.9. The first kappa shape index (κ1) is 18.9. The zero-order chi connectivity index (χ0) is 17.7. The number of rotatable bonds is 5. The van der Waals surface area contributed by atoms with Crippen LogP contribution < -0.4 is 10.2 Å². The van der Waals surface area contributed by atoms with Crippen molar-refractivity contribution in [2.24, 2.45) is 5.10 Å². The highest BCUT2D eigenvalue weighted by Crippen LogP contribution is 2.30. The van der Waals surface area contributed by atoms with Crippen molar-refractivity contribution in [2.45, 2.75) is 0 Å². The van der Waals surface area contributed by atoms with Gasteiger partial charge in [-0.3, -0.25) is 4.79 Å². The summed E-state index contributed by atoms with van der Waals surface area (Å²) in [6, 6.07) is 7.87. The second kappa shape index (κ2) is 8.58. The Balaban J connectivity index is 1.91. The van der Waals surface area contributed by atoms with Gasteiger partial charge in [-0.1, -0.05) is 50.7 Å². The lowest BCUT2D eigenvalue weighted by Crippen LogP contribution is -2.24. The van der Waals surface area contributed by atoms with Gasteiger partial charge in [-0.15, -0.1) is 0 Å². The number of hydrogen-bond acceptors (Lipinski definition) is 4. The fraction of sp³-hybridized carbons (Fsp3) is 0.0667. The van der Waals surface area contributed by atoms with Gasteiger partial charge >= 0.3 is 0 Å². The number of nitrogens with zero attached hydrogens (tertiary/aromatic N) is 1. The van der Waals surface area contributed by atoms with Crippen molar-refractivity contribution in [3.05, 3.63) is 55.4 Å². The van der Waals surface area contributed by atoms with Crippen LogP contribution in [0.3, 0.4) is 0 Å². The summed E-state index contributed by atoms with van der Waals surface area (Å²) in [6.07, 6.45) is 1.22. The molecule has 5 nitrogen and oxygen atoms in total. The maximum Gasteiger partial charge on any atom is 0.277 e. The number of halogens is 4. The van der Waals surface area contributed by atoms with E-state index in [2.05, 4.69) is 26.5 Å². The van der Waals surface area contributed by atoms with Crippen LogP contribution in [0.25, 0.3) is 0 Å². The second-order valence-electron chi connectivity index (χ2n) is 4.48. The highest BCUT2D eigenvalue weighted by atomic mass is 79.9. The number of phenols is 1. The number of hydrogen-bond donors (Lipinski definition) is 2. The minimum atomic E-state index is -0.502. The molecule has 0 spiro atoms. The van der Waals surface area contributed by atoms with Crippen molar-refractivity contribution in [1.29, 1.82) is 0 Å².